The minimum absolute atomic E-state index is 0. The fraction of sp³-hybridized carbons (Fsp3) is 0.250. The second-order valence-corrected chi connectivity index (χ2v) is 8.86. The minimum atomic E-state index is 0. The summed E-state index contributed by atoms with van der Waals surface area (Å²) in [6, 6.07) is 10.8. The third-order valence-corrected chi connectivity index (χ3v) is 5.35. The first-order valence-electron chi connectivity index (χ1n) is 6.43. The first kappa shape index (κ1) is 17.4. The lowest BCUT2D eigenvalue weighted by Gasteiger charge is -2.29. The number of halogens is 3. The quantitative estimate of drug-likeness (QED) is 0.352. The Morgan fingerprint density at radius 2 is 1.62 bits per heavy atom. The molecule has 0 saturated heterocycles. The first-order valence-corrected chi connectivity index (χ1v) is 8.83. The van der Waals surface area contributed by atoms with Gasteiger partial charge in [0.1, 0.15) is 0 Å². The highest BCUT2D eigenvalue weighted by Gasteiger charge is 2.25. The van der Waals surface area contributed by atoms with E-state index in [2.05, 4.69) is 88.3 Å². The average molecular weight is 494 g/mol. The molecular weight excluding hydrogens is 478 g/mol. The standard InChI is InChI=1S/C16H15Br2NS.BrH/c1-16(2,3)11-6-10(18)8-14-15(11)19-12-5-4-9(17)7-13(12)20-14;/h4-8,19H,1-3H3;1H. The van der Waals surface area contributed by atoms with E-state index in [4.69, 9.17) is 0 Å². The number of hydrogen-bond donors (Lipinski definition) is 1. The topological polar surface area (TPSA) is 12.0 Å². The highest BCUT2D eigenvalue weighted by atomic mass is 79.9. The van der Waals surface area contributed by atoms with Gasteiger partial charge in [0.15, 0.2) is 0 Å². The Labute approximate surface area is 157 Å². The van der Waals surface area contributed by atoms with Gasteiger partial charge in [0.05, 0.1) is 11.4 Å². The number of nitrogens with one attached hydrogen (secondary N) is 1. The van der Waals surface area contributed by atoms with Crippen molar-refractivity contribution in [3.05, 3.63) is 44.8 Å². The lowest BCUT2D eigenvalue weighted by molar-refractivity contribution is 0.590. The van der Waals surface area contributed by atoms with E-state index in [9.17, 15) is 0 Å². The zero-order chi connectivity index (χ0) is 14.5. The van der Waals surface area contributed by atoms with Crippen molar-refractivity contribution >= 4 is 72.0 Å². The molecule has 0 bridgehead atoms. The van der Waals surface area contributed by atoms with Gasteiger partial charge in [-0.3, -0.25) is 0 Å². The summed E-state index contributed by atoms with van der Waals surface area (Å²) in [6.45, 7) is 6.75. The van der Waals surface area contributed by atoms with Crippen LogP contribution in [-0.4, -0.2) is 0 Å². The van der Waals surface area contributed by atoms with Gasteiger partial charge in [-0.1, -0.05) is 64.4 Å². The Morgan fingerprint density at radius 1 is 0.952 bits per heavy atom. The summed E-state index contributed by atoms with van der Waals surface area (Å²) in [4.78, 5) is 2.53. The summed E-state index contributed by atoms with van der Waals surface area (Å²) < 4.78 is 2.24. The van der Waals surface area contributed by atoms with Crippen LogP contribution in [0.25, 0.3) is 0 Å². The van der Waals surface area contributed by atoms with Gasteiger partial charge in [-0.05, 0) is 41.3 Å². The molecule has 0 atom stereocenters. The lowest BCUT2D eigenvalue weighted by Crippen LogP contribution is -2.15. The molecule has 1 nitrogen and oxygen atoms in total. The molecule has 5 heteroatoms. The van der Waals surface area contributed by atoms with E-state index in [-0.39, 0.29) is 22.4 Å². The molecule has 3 rings (SSSR count). The molecule has 2 aromatic rings. The highest BCUT2D eigenvalue weighted by Crippen LogP contribution is 2.49. The van der Waals surface area contributed by atoms with Crippen molar-refractivity contribution in [2.45, 2.75) is 36.0 Å². The summed E-state index contributed by atoms with van der Waals surface area (Å²) in [5.74, 6) is 0. The van der Waals surface area contributed by atoms with Crippen molar-refractivity contribution in [2.75, 3.05) is 5.32 Å². The number of rotatable bonds is 0. The summed E-state index contributed by atoms with van der Waals surface area (Å²) >= 11 is 9.00. The molecule has 0 aliphatic carbocycles. The summed E-state index contributed by atoms with van der Waals surface area (Å²) in [6.07, 6.45) is 0. The fourth-order valence-corrected chi connectivity index (χ4v) is 4.54. The Bertz CT molecular complexity index is 693. The van der Waals surface area contributed by atoms with Crippen LogP contribution in [0.3, 0.4) is 0 Å². The summed E-state index contributed by atoms with van der Waals surface area (Å²) in [7, 11) is 0. The van der Waals surface area contributed by atoms with Crippen molar-refractivity contribution in [3.63, 3.8) is 0 Å². The van der Waals surface area contributed by atoms with Gasteiger partial charge in [0.25, 0.3) is 0 Å². The smallest absolute Gasteiger partial charge is 0.0565 e. The highest BCUT2D eigenvalue weighted by molar-refractivity contribution is 9.10. The Morgan fingerprint density at radius 3 is 2.29 bits per heavy atom. The van der Waals surface area contributed by atoms with Crippen LogP contribution in [0, 0.1) is 0 Å². The van der Waals surface area contributed by atoms with Crippen LogP contribution in [0.4, 0.5) is 11.4 Å². The monoisotopic (exact) mass is 491 g/mol. The normalized spacial score (nSPS) is 12.8. The maximum absolute atomic E-state index is 3.64. The second-order valence-electron chi connectivity index (χ2n) is 5.94. The van der Waals surface area contributed by atoms with Crippen molar-refractivity contribution in [1.82, 2.24) is 0 Å². The van der Waals surface area contributed by atoms with Gasteiger partial charge in [0, 0.05) is 18.7 Å². The van der Waals surface area contributed by atoms with E-state index in [1.165, 1.54) is 26.7 Å². The number of fused-ring (bicyclic) bond motifs is 2. The molecule has 1 N–H and O–H groups in total. The Hall–Kier alpha value is 0.0300. The van der Waals surface area contributed by atoms with Crippen LogP contribution in [-0.2, 0) is 5.41 Å². The molecule has 1 aliphatic rings. The zero-order valence-corrected chi connectivity index (χ0v) is 17.7. The van der Waals surface area contributed by atoms with Crippen molar-refractivity contribution < 1.29 is 0 Å². The molecule has 21 heavy (non-hydrogen) atoms. The van der Waals surface area contributed by atoms with Crippen LogP contribution < -0.4 is 5.32 Å². The second kappa shape index (κ2) is 6.26. The van der Waals surface area contributed by atoms with E-state index in [1.807, 2.05) is 11.8 Å². The van der Waals surface area contributed by atoms with E-state index in [0.717, 1.165) is 8.95 Å². The van der Waals surface area contributed by atoms with Crippen LogP contribution in [0.2, 0.25) is 0 Å². The van der Waals surface area contributed by atoms with E-state index < -0.39 is 0 Å². The van der Waals surface area contributed by atoms with Crippen molar-refractivity contribution in [2.24, 2.45) is 0 Å². The molecule has 0 aromatic heterocycles. The fourth-order valence-electron chi connectivity index (χ4n) is 2.32. The maximum atomic E-state index is 3.64. The molecule has 1 heterocycles. The average Bonchev–Trinajstić information content (AvgIpc) is 2.34. The zero-order valence-electron chi connectivity index (χ0n) is 12.0. The van der Waals surface area contributed by atoms with Gasteiger partial charge < -0.3 is 5.32 Å². The maximum Gasteiger partial charge on any atom is 0.0565 e. The Balaban J connectivity index is 0.00000161. The SMILES string of the molecule is Br.CC(C)(C)c1cc(Br)cc2c1Nc1ccc(Br)cc1S2. The van der Waals surface area contributed by atoms with Crippen LogP contribution >= 0.6 is 60.6 Å². The molecule has 1 aliphatic heterocycles. The van der Waals surface area contributed by atoms with Gasteiger partial charge in [-0.15, -0.1) is 17.0 Å². The Kier molecular flexibility index (Phi) is 5.19. The van der Waals surface area contributed by atoms with E-state index in [0.29, 0.717) is 0 Å². The van der Waals surface area contributed by atoms with Gasteiger partial charge in [0.2, 0.25) is 0 Å². The molecule has 0 saturated carbocycles. The predicted molar refractivity (Wildman–Crippen MR) is 105 cm³/mol. The largest absolute Gasteiger partial charge is 0.353 e. The molecule has 112 valence electrons. The molecule has 0 radical (unpaired) electrons. The van der Waals surface area contributed by atoms with Crippen LogP contribution in [0.1, 0.15) is 26.3 Å². The number of hydrogen-bond acceptors (Lipinski definition) is 2. The van der Waals surface area contributed by atoms with Crippen molar-refractivity contribution in [3.8, 4) is 0 Å². The summed E-state index contributed by atoms with van der Waals surface area (Å²) in [5, 5.41) is 3.61. The third-order valence-electron chi connectivity index (χ3n) is 3.30. The third kappa shape index (κ3) is 3.52. The van der Waals surface area contributed by atoms with Gasteiger partial charge in [-0.25, -0.2) is 0 Å². The predicted octanol–water partition coefficient (Wildman–Crippen LogP) is 7.30. The van der Waals surface area contributed by atoms with Crippen molar-refractivity contribution in [1.29, 1.82) is 0 Å². The minimum Gasteiger partial charge on any atom is -0.353 e. The van der Waals surface area contributed by atoms with Crippen LogP contribution in [0.15, 0.2) is 49.1 Å². The molecule has 0 unspecified atom stereocenters. The number of benzene rings is 2. The van der Waals surface area contributed by atoms with Gasteiger partial charge in [-0.2, -0.15) is 0 Å². The molecule has 0 amide bonds. The van der Waals surface area contributed by atoms with E-state index in [1.54, 1.807) is 0 Å². The molecule has 2 aromatic carbocycles. The van der Waals surface area contributed by atoms with Gasteiger partial charge >= 0.3 is 0 Å². The lowest BCUT2D eigenvalue weighted by atomic mass is 9.85. The van der Waals surface area contributed by atoms with Crippen LogP contribution in [0.5, 0.6) is 0 Å². The summed E-state index contributed by atoms with van der Waals surface area (Å²) in [5.41, 5.74) is 3.86. The molecule has 0 spiro atoms. The van der Waals surface area contributed by atoms with E-state index >= 15 is 0 Å². The number of anilines is 2. The first-order chi connectivity index (χ1) is 9.34. The molecular formula is C16H16Br3NS. The molecule has 0 fully saturated rings.